The van der Waals surface area contributed by atoms with Gasteiger partial charge in [0.25, 0.3) is 11.8 Å². The Balaban J connectivity index is 1.57. The van der Waals surface area contributed by atoms with Gasteiger partial charge in [-0.3, -0.25) is 9.59 Å². The van der Waals surface area contributed by atoms with Crippen LogP contribution in [0.15, 0.2) is 42.5 Å². The summed E-state index contributed by atoms with van der Waals surface area (Å²) in [6.07, 6.45) is 1.39. The molecule has 1 fully saturated rings. The number of primary amides is 1. The molecule has 2 aromatic carbocycles. The van der Waals surface area contributed by atoms with Gasteiger partial charge in [-0.25, -0.2) is 9.07 Å². The maximum absolute atomic E-state index is 15.0. The van der Waals surface area contributed by atoms with Gasteiger partial charge < -0.3 is 26.3 Å². The van der Waals surface area contributed by atoms with E-state index in [1.54, 1.807) is 35.0 Å². The molecule has 0 radical (unpaired) electrons. The smallest absolute Gasteiger partial charge is 0.255 e. The van der Waals surface area contributed by atoms with Crippen LogP contribution in [-0.4, -0.2) is 41.9 Å². The quantitative estimate of drug-likeness (QED) is 0.489. The molecule has 1 aliphatic heterocycles. The topological polar surface area (TPSA) is 134 Å². The van der Waals surface area contributed by atoms with Crippen molar-refractivity contribution in [2.45, 2.75) is 25.4 Å². The summed E-state index contributed by atoms with van der Waals surface area (Å²) in [4.78, 5) is 24.6. The number of nitrogens with two attached hydrogens (primary N) is 2. The summed E-state index contributed by atoms with van der Waals surface area (Å²) >= 11 is 0. The van der Waals surface area contributed by atoms with Crippen molar-refractivity contribution < 1.29 is 23.5 Å². The number of rotatable bonds is 7. The van der Waals surface area contributed by atoms with Crippen LogP contribution in [0.5, 0.6) is 5.75 Å². The molecule has 1 aromatic heterocycles. The molecule has 9 nitrogen and oxygen atoms in total. The second-order valence-corrected chi connectivity index (χ2v) is 7.95. The fourth-order valence-electron chi connectivity index (χ4n) is 4.04. The minimum atomic E-state index is -0.737. The highest BCUT2D eigenvalue weighted by molar-refractivity contribution is 6.03. The first-order chi connectivity index (χ1) is 16.4. The van der Waals surface area contributed by atoms with Crippen LogP contribution < -0.4 is 21.5 Å². The first kappa shape index (κ1) is 23.2. The van der Waals surface area contributed by atoms with E-state index in [2.05, 4.69) is 10.4 Å². The number of nitrogens with zero attached hydrogens (tertiary/aromatic N) is 2. The number of methoxy groups -OCH3 is 1. The number of anilines is 1. The number of carbonyl (C=O) groups excluding carboxylic acids is 2. The van der Waals surface area contributed by atoms with E-state index in [-0.39, 0.29) is 41.1 Å². The third-order valence-electron chi connectivity index (χ3n) is 5.85. The normalized spacial score (nSPS) is 14.1. The van der Waals surface area contributed by atoms with Crippen molar-refractivity contribution in [1.29, 1.82) is 0 Å². The molecule has 4 rings (SSSR count). The molecule has 0 saturated carbocycles. The van der Waals surface area contributed by atoms with Crippen LogP contribution in [0.25, 0.3) is 11.3 Å². The number of nitrogen functional groups attached to an aromatic ring is 1. The van der Waals surface area contributed by atoms with E-state index in [9.17, 15) is 14.0 Å². The van der Waals surface area contributed by atoms with Gasteiger partial charge in [0.05, 0.1) is 18.7 Å². The number of hydrogen-bond acceptors (Lipinski definition) is 6. The van der Waals surface area contributed by atoms with Crippen molar-refractivity contribution in [2.24, 2.45) is 5.73 Å². The molecule has 2 heterocycles. The number of benzene rings is 2. The zero-order valence-corrected chi connectivity index (χ0v) is 18.7. The molecule has 0 spiro atoms. The van der Waals surface area contributed by atoms with Gasteiger partial charge in [0.1, 0.15) is 28.6 Å². The van der Waals surface area contributed by atoms with Crippen molar-refractivity contribution in [1.82, 2.24) is 15.1 Å². The molecule has 0 aliphatic carbocycles. The number of amides is 2. The molecule has 2 amide bonds. The largest absolute Gasteiger partial charge is 0.496 e. The number of nitrogens with one attached hydrogen (secondary N) is 1. The molecule has 0 bridgehead atoms. The minimum absolute atomic E-state index is 0.0325. The second-order valence-electron chi connectivity index (χ2n) is 7.95. The standard InChI is InChI=1S/C24H26FN5O4/c1-33-19-5-3-2-4-17(19)24(32)28-13-15-7-6-14(12-18(15)25)21-20(23(27)31)22(26)30(29-21)16-8-10-34-11-9-16/h2-7,12,16H,8-11,13,26H2,1H3,(H2,27,31)(H,28,32). The monoisotopic (exact) mass is 467 g/mol. The molecule has 1 saturated heterocycles. The Kier molecular flexibility index (Phi) is 6.78. The Hall–Kier alpha value is -3.92. The van der Waals surface area contributed by atoms with E-state index in [0.717, 1.165) is 0 Å². The first-order valence-corrected chi connectivity index (χ1v) is 10.9. The molecule has 5 N–H and O–H groups in total. The van der Waals surface area contributed by atoms with Crippen LogP contribution in [0.4, 0.5) is 10.2 Å². The van der Waals surface area contributed by atoms with Gasteiger partial charge in [-0.05, 0) is 31.0 Å². The number of carbonyl (C=O) groups is 2. The third-order valence-corrected chi connectivity index (χ3v) is 5.85. The SMILES string of the molecule is COc1ccccc1C(=O)NCc1ccc(-c2nn(C3CCOCC3)c(N)c2C(N)=O)cc1F. The number of para-hydroxylation sites is 1. The van der Waals surface area contributed by atoms with E-state index in [0.29, 0.717) is 42.9 Å². The maximum Gasteiger partial charge on any atom is 0.255 e. The summed E-state index contributed by atoms with van der Waals surface area (Å²) in [6, 6.07) is 11.1. The number of halogens is 1. The molecule has 10 heteroatoms. The van der Waals surface area contributed by atoms with Crippen molar-refractivity contribution >= 4 is 17.6 Å². The average molecular weight is 468 g/mol. The van der Waals surface area contributed by atoms with Crippen LogP contribution in [0, 0.1) is 5.82 Å². The van der Waals surface area contributed by atoms with Gasteiger partial charge in [-0.15, -0.1) is 0 Å². The van der Waals surface area contributed by atoms with E-state index < -0.39 is 11.7 Å². The second kappa shape index (κ2) is 9.92. The van der Waals surface area contributed by atoms with E-state index in [1.165, 1.54) is 19.2 Å². The summed E-state index contributed by atoms with van der Waals surface area (Å²) in [5, 5.41) is 7.20. The van der Waals surface area contributed by atoms with E-state index in [1.807, 2.05) is 0 Å². The summed E-state index contributed by atoms with van der Waals surface area (Å²) < 4.78 is 27.1. The summed E-state index contributed by atoms with van der Waals surface area (Å²) in [5.74, 6) is -1.11. The highest BCUT2D eigenvalue weighted by atomic mass is 19.1. The van der Waals surface area contributed by atoms with Gasteiger partial charge in [0, 0.05) is 30.9 Å². The van der Waals surface area contributed by atoms with Crippen molar-refractivity contribution in [2.75, 3.05) is 26.1 Å². The lowest BCUT2D eigenvalue weighted by Gasteiger charge is -2.23. The van der Waals surface area contributed by atoms with Crippen LogP contribution in [0.1, 0.15) is 45.2 Å². The highest BCUT2D eigenvalue weighted by Gasteiger charge is 2.27. The lowest BCUT2D eigenvalue weighted by atomic mass is 10.0. The third kappa shape index (κ3) is 4.58. The van der Waals surface area contributed by atoms with Gasteiger partial charge in [-0.2, -0.15) is 5.10 Å². The predicted molar refractivity (Wildman–Crippen MR) is 124 cm³/mol. The zero-order chi connectivity index (χ0) is 24.2. The Morgan fingerprint density at radius 1 is 1.24 bits per heavy atom. The fraction of sp³-hybridized carbons (Fsp3) is 0.292. The average Bonchev–Trinajstić information content (AvgIpc) is 3.20. The molecule has 1 aliphatic rings. The van der Waals surface area contributed by atoms with Crippen molar-refractivity contribution in [3.8, 4) is 17.0 Å². The summed E-state index contributed by atoms with van der Waals surface area (Å²) in [6.45, 7) is 1.09. The summed E-state index contributed by atoms with van der Waals surface area (Å²) in [5.41, 5.74) is 13.0. The van der Waals surface area contributed by atoms with Crippen LogP contribution in [0.2, 0.25) is 0 Å². The minimum Gasteiger partial charge on any atom is -0.496 e. The highest BCUT2D eigenvalue weighted by Crippen LogP contribution is 2.32. The number of ether oxygens (including phenoxy) is 2. The molecule has 0 unspecified atom stereocenters. The Bertz CT molecular complexity index is 1220. The predicted octanol–water partition coefficient (Wildman–Crippen LogP) is 2.66. The lowest BCUT2D eigenvalue weighted by molar-refractivity contribution is 0.0669. The van der Waals surface area contributed by atoms with E-state index >= 15 is 0 Å². The number of aromatic nitrogens is 2. The van der Waals surface area contributed by atoms with Crippen LogP contribution >= 0.6 is 0 Å². The molecule has 0 atom stereocenters. The molecule has 34 heavy (non-hydrogen) atoms. The zero-order valence-electron chi connectivity index (χ0n) is 18.7. The fourth-order valence-corrected chi connectivity index (χ4v) is 4.04. The molecular formula is C24H26FN5O4. The van der Waals surface area contributed by atoms with Crippen molar-refractivity contribution in [3.63, 3.8) is 0 Å². The molecular weight excluding hydrogens is 441 g/mol. The van der Waals surface area contributed by atoms with E-state index in [4.69, 9.17) is 20.9 Å². The van der Waals surface area contributed by atoms with Gasteiger partial charge in [-0.1, -0.05) is 24.3 Å². The maximum atomic E-state index is 15.0. The Morgan fingerprint density at radius 3 is 2.65 bits per heavy atom. The Morgan fingerprint density at radius 2 is 1.97 bits per heavy atom. The lowest BCUT2D eigenvalue weighted by Crippen LogP contribution is -2.23. The van der Waals surface area contributed by atoms with Gasteiger partial charge in [0.2, 0.25) is 0 Å². The van der Waals surface area contributed by atoms with Crippen LogP contribution in [0.3, 0.4) is 0 Å². The first-order valence-electron chi connectivity index (χ1n) is 10.9. The Labute approximate surface area is 195 Å². The number of hydrogen-bond donors (Lipinski definition) is 3. The molecule has 178 valence electrons. The van der Waals surface area contributed by atoms with Gasteiger partial charge in [0.15, 0.2) is 0 Å². The molecule has 3 aromatic rings. The van der Waals surface area contributed by atoms with Crippen molar-refractivity contribution in [3.05, 3.63) is 65.0 Å². The van der Waals surface area contributed by atoms with Gasteiger partial charge >= 0.3 is 0 Å². The summed E-state index contributed by atoms with van der Waals surface area (Å²) in [7, 11) is 1.47. The van der Waals surface area contributed by atoms with Crippen LogP contribution in [-0.2, 0) is 11.3 Å².